The van der Waals surface area contributed by atoms with Gasteiger partial charge < -0.3 is 5.73 Å². The fourth-order valence-electron chi connectivity index (χ4n) is 0.760. The molecule has 1 aromatic rings. The van der Waals surface area contributed by atoms with E-state index in [4.69, 9.17) is 17.3 Å². The van der Waals surface area contributed by atoms with Crippen LogP contribution in [0.2, 0.25) is 5.02 Å². The predicted molar refractivity (Wildman–Crippen MR) is 56.8 cm³/mol. The average Bonchev–Trinajstić information content (AvgIpc) is 1.85. The Morgan fingerprint density at radius 2 is 2.25 bits per heavy atom. The smallest absolute Gasteiger partial charge is 0.0754 e. The number of pyridine rings is 1. The van der Waals surface area contributed by atoms with Gasteiger partial charge in [-0.05, 0) is 28.9 Å². The van der Waals surface area contributed by atoms with E-state index in [1.54, 1.807) is 12.3 Å². The fourth-order valence-corrected chi connectivity index (χ4v) is 1.56. The predicted octanol–water partition coefficient (Wildman–Crippen LogP) is 2.94. The molecule has 1 aromatic heterocycles. The Hall–Kier alpha value is 0.170. The van der Waals surface area contributed by atoms with Crippen LogP contribution >= 0.6 is 39.9 Å². The van der Waals surface area contributed by atoms with E-state index in [0.29, 0.717) is 5.02 Å². The molecule has 2 N–H and O–H groups in total. The topological polar surface area (TPSA) is 38.9 Å². The summed E-state index contributed by atoms with van der Waals surface area (Å²) in [6.07, 6.45) is 1.69. The SMILES string of the molecule is C[C@H](N)c1ncc(Br)cc1Cl.Cl. The lowest BCUT2D eigenvalue weighted by Crippen LogP contribution is -2.07. The molecule has 0 aliphatic heterocycles. The van der Waals surface area contributed by atoms with Gasteiger partial charge in [0.15, 0.2) is 0 Å². The van der Waals surface area contributed by atoms with Gasteiger partial charge in [0, 0.05) is 16.7 Å². The van der Waals surface area contributed by atoms with E-state index >= 15 is 0 Å². The summed E-state index contributed by atoms with van der Waals surface area (Å²) in [6, 6.07) is 1.67. The third kappa shape index (κ3) is 2.90. The summed E-state index contributed by atoms with van der Waals surface area (Å²) in [7, 11) is 0. The molecule has 0 unspecified atom stereocenters. The molecular formula is C7H9BrCl2N2. The molecular weight excluding hydrogens is 263 g/mol. The van der Waals surface area contributed by atoms with Gasteiger partial charge in [0.05, 0.1) is 10.7 Å². The quantitative estimate of drug-likeness (QED) is 0.853. The zero-order valence-electron chi connectivity index (χ0n) is 6.42. The van der Waals surface area contributed by atoms with Crippen LogP contribution in [0.1, 0.15) is 18.7 Å². The summed E-state index contributed by atoms with van der Waals surface area (Å²) in [4.78, 5) is 4.07. The zero-order chi connectivity index (χ0) is 8.43. The largest absolute Gasteiger partial charge is 0.323 e. The molecule has 0 saturated carbocycles. The molecule has 68 valence electrons. The van der Waals surface area contributed by atoms with Crippen LogP contribution in [0.3, 0.4) is 0 Å². The summed E-state index contributed by atoms with van der Waals surface area (Å²) in [6.45, 7) is 1.85. The van der Waals surface area contributed by atoms with Gasteiger partial charge in [-0.1, -0.05) is 11.6 Å². The Balaban J connectivity index is 0.00000121. The van der Waals surface area contributed by atoms with Crippen LogP contribution in [-0.4, -0.2) is 4.98 Å². The van der Waals surface area contributed by atoms with Crippen molar-refractivity contribution in [2.45, 2.75) is 13.0 Å². The minimum Gasteiger partial charge on any atom is -0.323 e. The summed E-state index contributed by atoms with van der Waals surface area (Å²) >= 11 is 9.11. The van der Waals surface area contributed by atoms with E-state index in [1.165, 1.54) is 0 Å². The first-order valence-electron chi connectivity index (χ1n) is 3.18. The van der Waals surface area contributed by atoms with Crippen molar-refractivity contribution in [3.63, 3.8) is 0 Å². The highest BCUT2D eigenvalue weighted by Crippen LogP contribution is 2.22. The number of aromatic nitrogens is 1. The van der Waals surface area contributed by atoms with Crippen molar-refractivity contribution in [2.75, 3.05) is 0 Å². The van der Waals surface area contributed by atoms with Crippen molar-refractivity contribution in [3.05, 3.63) is 27.5 Å². The van der Waals surface area contributed by atoms with Gasteiger partial charge >= 0.3 is 0 Å². The monoisotopic (exact) mass is 270 g/mol. The van der Waals surface area contributed by atoms with Crippen molar-refractivity contribution in [1.29, 1.82) is 0 Å². The van der Waals surface area contributed by atoms with Crippen molar-refractivity contribution in [1.82, 2.24) is 4.98 Å². The van der Waals surface area contributed by atoms with Crippen LogP contribution < -0.4 is 5.73 Å². The summed E-state index contributed by atoms with van der Waals surface area (Å²) in [5, 5.41) is 0.606. The van der Waals surface area contributed by atoms with Crippen LogP contribution in [0.15, 0.2) is 16.7 Å². The molecule has 5 heteroatoms. The third-order valence-electron chi connectivity index (χ3n) is 1.27. The molecule has 0 fully saturated rings. The van der Waals surface area contributed by atoms with Crippen molar-refractivity contribution >= 4 is 39.9 Å². The van der Waals surface area contributed by atoms with Crippen LogP contribution in [0.25, 0.3) is 0 Å². The van der Waals surface area contributed by atoms with E-state index in [1.807, 2.05) is 6.92 Å². The van der Waals surface area contributed by atoms with E-state index in [2.05, 4.69) is 20.9 Å². The van der Waals surface area contributed by atoms with Crippen LogP contribution in [-0.2, 0) is 0 Å². The number of hydrogen-bond donors (Lipinski definition) is 1. The van der Waals surface area contributed by atoms with E-state index in [-0.39, 0.29) is 18.4 Å². The van der Waals surface area contributed by atoms with Gasteiger partial charge in [-0.25, -0.2) is 0 Å². The number of nitrogens with zero attached hydrogens (tertiary/aromatic N) is 1. The Morgan fingerprint density at radius 1 is 1.67 bits per heavy atom. The van der Waals surface area contributed by atoms with Gasteiger partial charge in [-0.2, -0.15) is 0 Å². The molecule has 1 heterocycles. The second-order valence-electron chi connectivity index (χ2n) is 2.31. The van der Waals surface area contributed by atoms with Gasteiger partial charge in [-0.3, -0.25) is 4.98 Å². The molecule has 1 rings (SSSR count). The molecule has 0 radical (unpaired) electrons. The first kappa shape index (κ1) is 12.2. The molecule has 0 bridgehead atoms. The second-order valence-corrected chi connectivity index (χ2v) is 3.63. The second kappa shape index (κ2) is 5.02. The molecule has 1 atom stereocenters. The van der Waals surface area contributed by atoms with Crippen LogP contribution in [0.5, 0.6) is 0 Å². The Morgan fingerprint density at radius 3 is 2.67 bits per heavy atom. The zero-order valence-corrected chi connectivity index (χ0v) is 9.58. The van der Waals surface area contributed by atoms with Crippen molar-refractivity contribution in [3.8, 4) is 0 Å². The average molecular weight is 272 g/mol. The number of hydrogen-bond acceptors (Lipinski definition) is 2. The Kier molecular flexibility index (Phi) is 5.09. The fraction of sp³-hybridized carbons (Fsp3) is 0.286. The molecule has 0 aliphatic carbocycles. The van der Waals surface area contributed by atoms with Gasteiger partial charge in [0.1, 0.15) is 0 Å². The minimum absolute atomic E-state index is 0. The lowest BCUT2D eigenvalue weighted by Gasteiger charge is -2.05. The first-order valence-corrected chi connectivity index (χ1v) is 4.35. The van der Waals surface area contributed by atoms with E-state index < -0.39 is 0 Å². The molecule has 0 aliphatic rings. The molecule has 2 nitrogen and oxygen atoms in total. The highest BCUT2D eigenvalue weighted by Gasteiger charge is 2.06. The summed E-state index contributed by atoms with van der Waals surface area (Å²) in [5.41, 5.74) is 6.33. The maximum Gasteiger partial charge on any atom is 0.0754 e. The molecule has 0 saturated heterocycles. The first-order chi connectivity index (χ1) is 5.11. The standard InChI is InChI=1S/C7H8BrClN2.ClH/c1-4(10)7-6(9)2-5(8)3-11-7;/h2-4H,10H2,1H3;1H/t4-;/m0./s1. The summed E-state index contributed by atoms with van der Waals surface area (Å²) in [5.74, 6) is 0. The molecule has 0 spiro atoms. The highest BCUT2D eigenvalue weighted by molar-refractivity contribution is 9.10. The lowest BCUT2D eigenvalue weighted by molar-refractivity contribution is 0.780. The summed E-state index contributed by atoms with van der Waals surface area (Å²) < 4.78 is 0.868. The normalized spacial score (nSPS) is 12.0. The van der Waals surface area contributed by atoms with Crippen LogP contribution in [0.4, 0.5) is 0 Å². The van der Waals surface area contributed by atoms with Crippen molar-refractivity contribution in [2.24, 2.45) is 5.73 Å². The third-order valence-corrected chi connectivity index (χ3v) is 2.00. The molecule has 0 aromatic carbocycles. The van der Waals surface area contributed by atoms with Gasteiger partial charge in [0.2, 0.25) is 0 Å². The highest BCUT2D eigenvalue weighted by atomic mass is 79.9. The molecule has 0 amide bonds. The van der Waals surface area contributed by atoms with Crippen LogP contribution in [0, 0.1) is 0 Å². The van der Waals surface area contributed by atoms with Crippen molar-refractivity contribution < 1.29 is 0 Å². The maximum atomic E-state index is 5.85. The van der Waals surface area contributed by atoms with Gasteiger partial charge in [0.25, 0.3) is 0 Å². The van der Waals surface area contributed by atoms with E-state index in [9.17, 15) is 0 Å². The van der Waals surface area contributed by atoms with E-state index in [0.717, 1.165) is 10.2 Å². The number of nitrogens with two attached hydrogens (primary N) is 1. The van der Waals surface area contributed by atoms with Gasteiger partial charge in [-0.15, -0.1) is 12.4 Å². The Labute approximate surface area is 91.0 Å². The molecule has 12 heavy (non-hydrogen) atoms. The maximum absolute atomic E-state index is 5.85. The number of halogens is 3. The minimum atomic E-state index is -0.115. The lowest BCUT2D eigenvalue weighted by atomic mass is 10.2. The number of rotatable bonds is 1. The Bertz CT molecular complexity index is 266.